The van der Waals surface area contributed by atoms with Crippen LogP contribution in [-0.2, 0) is 11.2 Å². The predicted octanol–water partition coefficient (Wildman–Crippen LogP) is 0.787. The molecule has 4 nitrogen and oxygen atoms in total. The van der Waals surface area contributed by atoms with Gasteiger partial charge in [-0.05, 0) is 13.8 Å². The molecule has 0 radical (unpaired) electrons. The number of carbonyl (C=O) groups excluding carboxylic acids is 1. The van der Waals surface area contributed by atoms with Crippen molar-refractivity contribution in [3.63, 3.8) is 0 Å². The van der Waals surface area contributed by atoms with Gasteiger partial charge in [0.15, 0.2) is 0 Å². The molecule has 1 rings (SSSR count). The van der Waals surface area contributed by atoms with E-state index >= 15 is 0 Å². The number of hydrogen-bond acceptors (Lipinski definition) is 4. The van der Waals surface area contributed by atoms with Crippen LogP contribution in [0.5, 0.6) is 0 Å². The molecule has 0 bridgehead atoms. The minimum absolute atomic E-state index is 0.000213. The van der Waals surface area contributed by atoms with E-state index in [0.717, 1.165) is 12.1 Å². The lowest BCUT2D eigenvalue weighted by molar-refractivity contribution is -0.128. The minimum atomic E-state index is -0.484. The second kappa shape index (κ2) is 5.23. The molecule has 0 aliphatic carbocycles. The largest absolute Gasteiger partial charge is 0.355 e. The topological polar surface area (TPSA) is 68.0 Å². The number of nitrogens with one attached hydrogen (secondary N) is 1. The number of aromatic nitrogens is 1. The molecule has 1 heterocycles. The van der Waals surface area contributed by atoms with Crippen molar-refractivity contribution in [2.24, 2.45) is 11.1 Å². The average Bonchev–Trinajstić information content (AvgIpc) is 2.70. The van der Waals surface area contributed by atoms with Crippen molar-refractivity contribution in [3.05, 3.63) is 16.6 Å². The Kier molecular flexibility index (Phi) is 4.23. The smallest absolute Gasteiger partial charge is 0.226 e. The van der Waals surface area contributed by atoms with E-state index in [2.05, 4.69) is 10.3 Å². The number of amides is 1. The molecular weight excluding hydrogens is 210 g/mol. The zero-order valence-electron chi connectivity index (χ0n) is 9.12. The summed E-state index contributed by atoms with van der Waals surface area (Å²) < 4.78 is 0. The maximum atomic E-state index is 11.6. The Bertz CT molecular complexity index is 308. The number of rotatable bonds is 5. The summed E-state index contributed by atoms with van der Waals surface area (Å²) in [5, 5.41) is 4.84. The van der Waals surface area contributed by atoms with Gasteiger partial charge in [0.2, 0.25) is 5.91 Å². The third-order valence-electron chi connectivity index (χ3n) is 2.28. The molecule has 0 saturated heterocycles. The lowest BCUT2D eigenvalue weighted by atomic mass is 9.93. The fourth-order valence-corrected chi connectivity index (χ4v) is 1.59. The van der Waals surface area contributed by atoms with Crippen LogP contribution in [0.2, 0.25) is 0 Å². The summed E-state index contributed by atoms with van der Waals surface area (Å²) in [6.07, 6.45) is 0.774. The molecular formula is C10H17N3OS. The van der Waals surface area contributed by atoms with Crippen LogP contribution in [0.1, 0.15) is 19.5 Å². The van der Waals surface area contributed by atoms with E-state index in [0.29, 0.717) is 13.1 Å². The summed E-state index contributed by atoms with van der Waals surface area (Å²) in [5.41, 5.74) is 7.83. The molecule has 0 aliphatic rings. The first kappa shape index (κ1) is 12.1. The summed E-state index contributed by atoms with van der Waals surface area (Å²) in [7, 11) is 0. The van der Waals surface area contributed by atoms with Gasteiger partial charge >= 0.3 is 0 Å². The fraction of sp³-hybridized carbons (Fsp3) is 0.600. The van der Waals surface area contributed by atoms with Crippen molar-refractivity contribution in [2.45, 2.75) is 20.3 Å². The second-order valence-corrected chi connectivity index (χ2v) is 4.79. The molecule has 5 heteroatoms. The Morgan fingerprint density at radius 2 is 2.40 bits per heavy atom. The van der Waals surface area contributed by atoms with Crippen LogP contribution < -0.4 is 11.1 Å². The van der Waals surface area contributed by atoms with Crippen LogP contribution in [-0.4, -0.2) is 24.0 Å². The first-order valence-electron chi connectivity index (χ1n) is 4.91. The highest BCUT2D eigenvalue weighted by atomic mass is 32.1. The van der Waals surface area contributed by atoms with Gasteiger partial charge < -0.3 is 11.1 Å². The van der Waals surface area contributed by atoms with E-state index in [1.165, 1.54) is 0 Å². The van der Waals surface area contributed by atoms with Gasteiger partial charge in [-0.3, -0.25) is 4.79 Å². The maximum Gasteiger partial charge on any atom is 0.226 e. The Morgan fingerprint density at radius 1 is 1.67 bits per heavy atom. The SMILES string of the molecule is CC(C)(CN)C(=O)NCCc1cscn1. The van der Waals surface area contributed by atoms with Crippen LogP contribution in [0, 0.1) is 5.41 Å². The average molecular weight is 227 g/mol. The van der Waals surface area contributed by atoms with Crippen LogP contribution >= 0.6 is 11.3 Å². The van der Waals surface area contributed by atoms with Crippen molar-refractivity contribution in [1.29, 1.82) is 0 Å². The Labute approximate surface area is 93.9 Å². The fourth-order valence-electron chi connectivity index (χ4n) is 0.997. The molecule has 0 aromatic carbocycles. The number of carbonyl (C=O) groups is 1. The molecule has 0 spiro atoms. The molecule has 84 valence electrons. The van der Waals surface area contributed by atoms with Gasteiger partial charge in [-0.25, -0.2) is 4.98 Å². The summed E-state index contributed by atoms with van der Waals surface area (Å²) in [4.78, 5) is 15.8. The van der Waals surface area contributed by atoms with Crippen LogP contribution in [0.25, 0.3) is 0 Å². The normalized spacial score (nSPS) is 11.4. The molecule has 0 unspecified atom stereocenters. The second-order valence-electron chi connectivity index (χ2n) is 4.07. The van der Waals surface area contributed by atoms with Crippen molar-refractivity contribution >= 4 is 17.2 Å². The summed E-state index contributed by atoms with van der Waals surface area (Å²) in [6.45, 7) is 4.65. The summed E-state index contributed by atoms with van der Waals surface area (Å²) in [5.74, 6) is 0.000213. The number of thiazole rings is 1. The Hall–Kier alpha value is -0.940. The molecule has 15 heavy (non-hydrogen) atoms. The van der Waals surface area contributed by atoms with Gasteiger partial charge in [0.05, 0.1) is 16.6 Å². The number of nitrogens with two attached hydrogens (primary N) is 1. The van der Waals surface area contributed by atoms with Gasteiger partial charge in [-0.2, -0.15) is 0 Å². The maximum absolute atomic E-state index is 11.6. The zero-order valence-corrected chi connectivity index (χ0v) is 9.93. The van der Waals surface area contributed by atoms with E-state index in [9.17, 15) is 4.79 Å². The van der Waals surface area contributed by atoms with E-state index in [-0.39, 0.29) is 5.91 Å². The van der Waals surface area contributed by atoms with Gasteiger partial charge in [-0.15, -0.1) is 11.3 Å². The first-order chi connectivity index (χ1) is 7.06. The predicted molar refractivity (Wildman–Crippen MR) is 61.7 cm³/mol. The van der Waals surface area contributed by atoms with E-state index in [1.54, 1.807) is 16.8 Å². The molecule has 3 N–H and O–H groups in total. The van der Waals surface area contributed by atoms with Gasteiger partial charge in [0, 0.05) is 24.9 Å². The van der Waals surface area contributed by atoms with E-state index in [4.69, 9.17) is 5.73 Å². The molecule has 0 fully saturated rings. The number of nitrogens with zero attached hydrogens (tertiary/aromatic N) is 1. The van der Waals surface area contributed by atoms with Crippen LogP contribution in [0.15, 0.2) is 10.9 Å². The van der Waals surface area contributed by atoms with E-state index in [1.807, 2.05) is 19.2 Å². The zero-order chi connectivity index (χ0) is 11.3. The Balaban J connectivity index is 2.29. The van der Waals surface area contributed by atoms with Crippen molar-refractivity contribution in [3.8, 4) is 0 Å². The van der Waals surface area contributed by atoms with Crippen molar-refractivity contribution in [1.82, 2.24) is 10.3 Å². The molecule has 1 aromatic rings. The lowest BCUT2D eigenvalue weighted by Gasteiger charge is -2.20. The molecule has 0 saturated carbocycles. The van der Waals surface area contributed by atoms with Gasteiger partial charge in [-0.1, -0.05) is 0 Å². The molecule has 0 atom stereocenters. The van der Waals surface area contributed by atoms with Crippen LogP contribution in [0.3, 0.4) is 0 Å². The molecule has 0 aliphatic heterocycles. The molecule has 1 amide bonds. The van der Waals surface area contributed by atoms with Crippen molar-refractivity contribution < 1.29 is 4.79 Å². The lowest BCUT2D eigenvalue weighted by Crippen LogP contribution is -2.42. The minimum Gasteiger partial charge on any atom is -0.355 e. The number of hydrogen-bond donors (Lipinski definition) is 2. The monoisotopic (exact) mass is 227 g/mol. The van der Waals surface area contributed by atoms with Gasteiger partial charge in [0.25, 0.3) is 0 Å². The highest BCUT2D eigenvalue weighted by Gasteiger charge is 2.24. The summed E-state index contributed by atoms with van der Waals surface area (Å²) >= 11 is 1.56. The highest BCUT2D eigenvalue weighted by Crippen LogP contribution is 2.11. The van der Waals surface area contributed by atoms with Crippen LogP contribution in [0.4, 0.5) is 0 Å². The molecule has 1 aromatic heterocycles. The highest BCUT2D eigenvalue weighted by molar-refractivity contribution is 7.07. The van der Waals surface area contributed by atoms with Crippen molar-refractivity contribution in [2.75, 3.05) is 13.1 Å². The third-order valence-corrected chi connectivity index (χ3v) is 2.91. The quantitative estimate of drug-likeness (QED) is 0.781. The first-order valence-corrected chi connectivity index (χ1v) is 5.86. The Morgan fingerprint density at radius 3 is 2.93 bits per heavy atom. The summed E-state index contributed by atoms with van der Waals surface area (Å²) in [6, 6.07) is 0. The third kappa shape index (κ3) is 3.60. The van der Waals surface area contributed by atoms with Gasteiger partial charge in [0.1, 0.15) is 0 Å². The standard InChI is InChI=1S/C10H17N3OS/c1-10(2,6-11)9(14)12-4-3-8-5-15-7-13-8/h5,7H,3-4,6,11H2,1-2H3,(H,12,14). The van der Waals surface area contributed by atoms with E-state index < -0.39 is 5.41 Å².